The minimum absolute atomic E-state index is 0.0515. The molecule has 0 atom stereocenters. The van der Waals surface area contributed by atoms with Crippen molar-refractivity contribution in [3.63, 3.8) is 0 Å². The second-order valence-corrected chi connectivity index (χ2v) is 2.87. The third kappa shape index (κ3) is 4.50. The maximum absolute atomic E-state index is 11.7. The number of ether oxygens (including phenoxy) is 1. The minimum Gasteiger partial charge on any atom is -0.432 e. The van der Waals surface area contributed by atoms with Crippen LogP contribution in [0.15, 0.2) is 16.7 Å². The number of pyridine rings is 1. The van der Waals surface area contributed by atoms with E-state index in [0.717, 1.165) is 5.69 Å². The van der Waals surface area contributed by atoms with Gasteiger partial charge < -0.3 is 4.74 Å². The molecule has 0 aliphatic heterocycles. The van der Waals surface area contributed by atoms with Gasteiger partial charge in [-0.25, -0.2) is 4.98 Å². The zero-order valence-electron chi connectivity index (χ0n) is 8.22. The fourth-order valence-corrected chi connectivity index (χ4v) is 1.20. The Morgan fingerprint density at radius 1 is 1.36 bits per heavy atom. The van der Waals surface area contributed by atoms with Gasteiger partial charge >= 0.3 is 6.61 Å². The standard InChI is InChI=1S/C7H6BrF2NO.C2H6/c1-4-2-3-5(6(8)11-4)12-7(9)10;1-2/h2-3,7H,1H3;1-2H3. The number of aromatic nitrogens is 1. The summed E-state index contributed by atoms with van der Waals surface area (Å²) in [5.74, 6) is 0.0515. The number of hydrogen-bond acceptors (Lipinski definition) is 2. The Kier molecular flexibility index (Phi) is 6.36. The van der Waals surface area contributed by atoms with E-state index in [2.05, 4.69) is 25.7 Å². The molecular formula is C9H12BrF2NO. The smallest absolute Gasteiger partial charge is 0.387 e. The molecule has 0 N–H and O–H groups in total. The van der Waals surface area contributed by atoms with Crippen LogP contribution in [0.1, 0.15) is 19.5 Å². The van der Waals surface area contributed by atoms with Crippen molar-refractivity contribution in [3.05, 3.63) is 22.4 Å². The first-order valence-electron chi connectivity index (χ1n) is 4.17. The van der Waals surface area contributed by atoms with Crippen LogP contribution in [0.5, 0.6) is 5.75 Å². The predicted molar refractivity (Wildman–Crippen MR) is 54.7 cm³/mol. The molecule has 1 heterocycles. The third-order valence-electron chi connectivity index (χ3n) is 1.17. The van der Waals surface area contributed by atoms with Crippen molar-refractivity contribution in [3.8, 4) is 5.75 Å². The normalized spacial score (nSPS) is 9.36. The van der Waals surface area contributed by atoms with Gasteiger partial charge in [-0.15, -0.1) is 0 Å². The zero-order chi connectivity index (χ0) is 11.1. The number of hydrogen-bond donors (Lipinski definition) is 0. The van der Waals surface area contributed by atoms with Crippen molar-refractivity contribution in [1.82, 2.24) is 4.98 Å². The molecule has 5 heteroatoms. The van der Waals surface area contributed by atoms with Gasteiger partial charge in [0.2, 0.25) is 0 Å². The molecular weight excluding hydrogens is 256 g/mol. The summed E-state index contributed by atoms with van der Waals surface area (Å²) < 4.78 is 27.9. The third-order valence-corrected chi connectivity index (χ3v) is 1.74. The average molecular weight is 268 g/mol. The van der Waals surface area contributed by atoms with E-state index in [-0.39, 0.29) is 5.75 Å². The molecule has 1 aromatic rings. The van der Waals surface area contributed by atoms with Gasteiger partial charge in [0.1, 0.15) is 4.60 Å². The van der Waals surface area contributed by atoms with Crippen molar-refractivity contribution in [2.24, 2.45) is 0 Å². The highest BCUT2D eigenvalue weighted by Gasteiger charge is 2.08. The van der Waals surface area contributed by atoms with E-state index in [0.29, 0.717) is 4.60 Å². The fraction of sp³-hybridized carbons (Fsp3) is 0.444. The first-order valence-corrected chi connectivity index (χ1v) is 4.97. The largest absolute Gasteiger partial charge is 0.432 e. The van der Waals surface area contributed by atoms with E-state index in [1.807, 2.05) is 13.8 Å². The lowest BCUT2D eigenvalue weighted by atomic mass is 10.4. The topological polar surface area (TPSA) is 22.1 Å². The van der Waals surface area contributed by atoms with Crippen LogP contribution in [0.3, 0.4) is 0 Å². The maximum Gasteiger partial charge on any atom is 0.387 e. The molecule has 0 aromatic carbocycles. The highest BCUT2D eigenvalue weighted by Crippen LogP contribution is 2.23. The first kappa shape index (κ1) is 13.3. The SMILES string of the molecule is CC.Cc1ccc(OC(F)F)c(Br)n1. The molecule has 1 rings (SSSR count). The lowest BCUT2D eigenvalue weighted by molar-refractivity contribution is -0.0506. The van der Waals surface area contributed by atoms with E-state index in [1.54, 1.807) is 13.0 Å². The molecule has 0 saturated carbocycles. The Labute approximate surface area is 90.4 Å². The number of aryl methyl sites for hydroxylation is 1. The van der Waals surface area contributed by atoms with Crippen LogP contribution in [0.25, 0.3) is 0 Å². The summed E-state index contributed by atoms with van der Waals surface area (Å²) in [6.07, 6.45) is 0. The summed E-state index contributed by atoms with van der Waals surface area (Å²) in [6, 6.07) is 3.04. The quantitative estimate of drug-likeness (QED) is 0.761. The van der Waals surface area contributed by atoms with Crippen LogP contribution >= 0.6 is 15.9 Å². The second-order valence-electron chi connectivity index (χ2n) is 2.12. The lowest BCUT2D eigenvalue weighted by Gasteiger charge is -2.05. The van der Waals surface area contributed by atoms with E-state index in [4.69, 9.17) is 0 Å². The molecule has 80 valence electrons. The zero-order valence-corrected chi connectivity index (χ0v) is 9.81. The first-order chi connectivity index (χ1) is 6.59. The average Bonchev–Trinajstić information content (AvgIpc) is 2.13. The van der Waals surface area contributed by atoms with Crippen LogP contribution in [0.4, 0.5) is 8.78 Å². The van der Waals surface area contributed by atoms with Crippen molar-refractivity contribution in [1.29, 1.82) is 0 Å². The monoisotopic (exact) mass is 267 g/mol. The van der Waals surface area contributed by atoms with Gasteiger partial charge in [0.05, 0.1) is 0 Å². The summed E-state index contributed by atoms with van der Waals surface area (Å²) in [5.41, 5.74) is 0.739. The molecule has 0 saturated heterocycles. The molecule has 14 heavy (non-hydrogen) atoms. The molecule has 0 radical (unpaired) electrons. The van der Waals surface area contributed by atoms with E-state index >= 15 is 0 Å². The Morgan fingerprint density at radius 2 is 1.93 bits per heavy atom. The molecule has 0 bridgehead atoms. The van der Waals surface area contributed by atoms with Crippen LogP contribution in [0.2, 0.25) is 0 Å². The molecule has 0 aliphatic rings. The minimum atomic E-state index is -2.81. The van der Waals surface area contributed by atoms with Crippen molar-refractivity contribution >= 4 is 15.9 Å². The fourth-order valence-electron chi connectivity index (χ4n) is 0.696. The van der Waals surface area contributed by atoms with Crippen LogP contribution in [-0.4, -0.2) is 11.6 Å². The summed E-state index contributed by atoms with van der Waals surface area (Å²) in [6.45, 7) is 2.95. The van der Waals surface area contributed by atoms with Crippen molar-refractivity contribution in [2.75, 3.05) is 0 Å². The van der Waals surface area contributed by atoms with E-state index in [1.165, 1.54) is 6.07 Å². The summed E-state index contributed by atoms with van der Waals surface area (Å²) in [4.78, 5) is 3.88. The van der Waals surface area contributed by atoms with Gasteiger partial charge in [0.15, 0.2) is 5.75 Å². The van der Waals surface area contributed by atoms with Gasteiger partial charge in [0.25, 0.3) is 0 Å². The van der Waals surface area contributed by atoms with Gasteiger partial charge in [0, 0.05) is 5.69 Å². The van der Waals surface area contributed by atoms with Crippen LogP contribution in [-0.2, 0) is 0 Å². The number of rotatable bonds is 2. The Hall–Kier alpha value is -0.710. The van der Waals surface area contributed by atoms with Crippen LogP contribution in [0, 0.1) is 6.92 Å². The molecule has 0 aliphatic carbocycles. The van der Waals surface area contributed by atoms with Gasteiger partial charge in [-0.05, 0) is 35.0 Å². The highest BCUT2D eigenvalue weighted by molar-refractivity contribution is 9.10. The molecule has 2 nitrogen and oxygen atoms in total. The number of halogens is 3. The molecule has 1 aromatic heterocycles. The molecule has 0 fully saturated rings. The molecule has 0 unspecified atom stereocenters. The van der Waals surface area contributed by atoms with E-state index in [9.17, 15) is 8.78 Å². The number of alkyl halides is 2. The Morgan fingerprint density at radius 3 is 2.36 bits per heavy atom. The summed E-state index contributed by atoms with van der Waals surface area (Å²) in [7, 11) is 0. The Balaban J connectivity index is 0.000000791. The van der Waals surface area contributed by atoms with Crippen molar-refractivity contribution in [2.45, 2.75) is 27.4 Å². The molecule has 0 amide bonds. The van der Waals surface area contributed by atoms with Gasteiger partial charge in [-0.2, -0.15) is 8.78 Å². The lowest BCUT2D eigenvalue weighted by Crippen LogP contribution is -2.03. The van der Waals surface area contributed by atoms with Crippen LogP contribution < -0.4 is 4.74 Å². The van der Waals surface area contributed by atoms with Crippen molar-refractivity contribution < 1.29 is 13.5 Å². The predicted octanol–water partition coefficient (Wildman–Crippen LogP) is 3.78. The highest BCUT2D eigenvalue weighted by atomic mass is 79.9. The Bertz CT molecular complexity index is 282. The van der Waals surface area contributed by atoms with Gasteiger partial charge in [-0.1, -0.05) is 13.8 Å². The van der Waals surface area contributed by atoms with E-state index < -0.39 is 6.61 Å². The van der Waals surface area contributed by atoms with Gasteiger partial charge in [-0.3, -0.25) is 0 Å². The maximum atomic E-state index is 11.7. The summed E-state index contributed by atoms with van der Waals surface area (Å²) in [5, 5.41) is 0. The second kappa shape index (κ2) is 6.70. The summed E-state index contributed by atoms with van der Waals surface area (Å²) >= 11 is 3.01. The molecule has 0 spiro atoms. The number of nitrogens with zero attached hydrogens (tertiary/aromatic N) is 1.